The Bertz CT molecular complexity index is 1120. The molecule has 2 amide bonds. The molecule has 0 saturated carbocycles. The molecular formula is C25H30N4O3. The minimum atomic E-state index is -0.394. The molecule has 7 heteroatoms. The predicted octanol–water partition coefficient (Wildman–Crippen LogP) is 3.79. The van der Waals surface area contributed by atoms with Crippen molar-refractivity contribution in [1.29, 1.82) is 0 Å². The van der Waals surface area contributed by atoms with Crippen LogP contribution in [0.3, 0.4) is 0 Å². The van der Waals surface area contributed by atoms with Gasteiger partial charge in [0.05, 0.1) is 29.7 Å². The van der Waals surface area contributed by atoms with Crippen molar-refractivity contribution < 1.29 is 14.3 Å². The molecule has 7 nitrogen and oxygen atoms in total. The Hall–Kier alpha value is -3.35. The van der Waals surface area contributed by atoms with E-state index in [2.05, 4.69) is 12.2 Å². The second-order valence-electron chi connectivity index (χ2n) is 8.50. The average molecular weight is 435 g/mol. The summed E-state index contributed by atoms with van der Waals surface area (Å²) in [5.41, 5.74) is 2.16. The van der Waals surface area contributed by atoms with E-state index in [0.717, 1.165) is 37.0 Å². The molecule has 0 radical (unpaired) electrons. The summed E-state index contributed by atoms with van der Waals surface area (Å²) in [6.07, 6.45) is 2.07. The van der Waals surface area contributed by atoms with E-state index in [9.17, 15) is 9.59 Å². The van der Waals surface area contributed by atoms with E-state index < -0.39 is 6.04 Å². The SMILES string of the molecule is COc1ccccc1C(=O)NC(C)c1nc2ccccc2n1CC(=O)N1CCC(C)CC1. The maximum absolute atomic E-state index is 13.1. The molecule has 3 aromatic rings. The fourth-order valence-electron chi connectivity index (χ4n) is 4.26. The highest BCUT2D eigenvalue weighted by Gasteiger charge is 2.25. The summed E-state index contributed by atoms with van der Waals surface area (Å²) < 4.78 is 7.25. The zero-order valence-corrected chi connectivity index (χ0v) is 18.9. The molecule has 1 atom stereocenters. The number of hydrogen-bond acceptors (Lipinski definition) is 4. The van der Waals surface area contributed by atoms with Gasteiger partial charge in [0.2, 0.25) is 5.91 Å². The van der Waals surface area contributed by atoms with Crippen molar-refractivity contribution in [2.75, 3.05) is 20.2 Å². The van der Waals surface area contributed by atoms with Gasteiger partial charge in [0.25, 0.3) is 5.91 Å². The highest BCUT2D eigenvalue weighted by atomic mass is 16.5. The van der Waals surface area contributed by atoms with Gasteiger partial charge in [-0.05, 0) is 49.9 Å². The number of carbonyl (C=O) groups is 2. The van der Waals surface area contributed by atoms with Crippen LogP contribution in [-0.4, -0.2) is 46.5 Å². The van der Waals surface area contributed by atoms with Crippen LogP contribution >= 0.6 is 0 Å². The Morgan fingerprint density at radius 1 is 1.12 bits per heavy atom. The number of carbonyl (C=O) groups excluding carboxylic acids is 2. The molecule has 2 aromatic carbocycles. The molecule has 1 fully saturated rings. The average Bonchev–Trinajstić information content (AvgIpc) is 3.18. The van der Waals surface area contributed by atoms with Crippen LogP contribution in [0.25, 0.3) is 11.0 Å². The fourth-order valence-corrected chi connectivity index (χ4v) is 4.26. The number of nitrogens with zero attached hydrogens (tertiary/aromatic N) is 3. The molecule has 1 aliphatic rings. The minimum Gasteiger partial charge on any atom is -0.496 e. The Labute approximate surface area is 188 Å². The lowest BCUT2D eigenvalue weighted by molar-refractivity contribution is -0.133. The zero-order valence-electron chi connectivity index (χ0n) is 18.9. The predicted molar refractivity (Wildman–Crippen MR) is 124 cm³/mol. The van der Waals surface area contributed by atoms with Crippen LogP contribution in [0.5, 0.6) is 5.75 Å². The topological polar surface area (TPSA) is 76.5 Å². The van der Waals surface area contributed by atoms with Gasteiger partial charge >= 0.3 is 0 Å². The summed E-state index contributed by atoms with van der Waals surface area (Å²) in [6, 6.07) is 14.5. The van der Waals surface area contributed by atoms with Crippen LogP contribution in [-0.2, 0) is 11.3 Å². The summed E-state index contributed by atoms with van der Waals surface area (Å²) in [5.74, 6) is 1.68. The lowest BCUT2D eigenvalue weighted by Gasteiger charge is -2.30. The normalized spacial score (nSPS) is 15.5. The van der Waals surface area contributed by atoms with Crippen LogP contribution in [0.15, 0.2) is 48.5 Å². The Morgan fingerprint density at radius 3 is 2.56 bits per heavy atom. The van der Waals surface area contributed by atoms with Crippen LogP contribution < -0.4 is 10.1 Å². The molecule has 1 aromatic heterocycles. The maximum Gasteiger partial charge on any atom is 0.255 e. The first-order valence-electron chi connectivity index (χ1n) is 11.1. The van der Waals surface area contributed by atoms with Crippen molar-refractivity contribution in [3.8, 4) is 5.75 Å². The summed E-state index contributed by atoms with van der Waals surface area (Å²) >= 11 is 0. The third-order valence-corrected chi connectivity index (χ3v) is 6.20. The highest BCUT2D eigenvalue weighted by Crippen LogP contribution is 2.24. The van der Waals surface area contributed by atoms with Crippen LogP contribution in [0.4, 0.5) is 0 Å². The molecule has 0 aliphatic carbocycles. The first kappa shape index (κ1) is 21.9. The molecule has 1 unspecified atom stereocenters. The van der Waals surface area contributed by atoms with E-state index in [1.807, 2.05) is 46.7 Å². The first-order chi connectivity index (χ1) is 15.5. The summed E-state index contributed by atoms with van der Waals surface area (Å²) in [4.78, 5) is 32.7. The number of fused-ring (bicyclic) bond motifs is 1. The van der Waals surface area contributed by atoms with Gasteiger partial charge < -0.3 is 19.5 Å². The van der Waals surface area contributed by atoms with Crippen molar-refractivity contribution in [2.45, 2.75) is 39.3 Å². The number of imidazole rings is 1. The van der Waals surface area contributed by atoms with Gasteiger partial charge in [-0.3, -0.25) is 9.59 Å². The van der Waals surface area contributed by atoms with Gasteiger partial charge in [0.15, 0.2) is 0 Å². The molecule has 0 spiro atoms. The quantitative estimate of drug-likeness (QED) is 0.640. The number of methoxy groups -OCH3 is 1. The van der Waals surface area contributed by atoms with Crippen molar-refractivity contribution in [2.24, 2.45) is 5.92 Å². The molecule has 4 rings (SSSR count). The van der Waals surface area contributed by atoms with Crippen LogP contribution in [0, 0.1) is 5.92 Å². The number of ether oxygens (including phenoxy) is 1. The van der Waals surface area contributed by atoms with E-state index in [0.29, 0.717) is 23.1 Å². The number of nitrogens with one attached hydrogen (secondary N) is 1. The van der Waals surface area contributed by atoms with Crippen molar-refractivity contribution in [1.82, 2.24) is 19.8 Å². The zero-order chi connectivity index (χ0) is 22.7. The second-order valence-corrected chi connectivity index (χ2v) is 8.50. The second kappa shape index (κ2) is 9.42. The van der Waals surface area contributed by atoms with Crippen molar-refractivity contribution in [3.63, 3.8) is 0 Å². The van der Waals surface area contributed by atoms with Gasteiger partial charge in [-0.1, -0.05) is 31.2 Å². The standard InChI is InChI=1S/C25H30N4O3/c1-17-12-14-28(15-13-17)23(30)16-29-21-10-6-5-9-20(21)27-24(29)18(2)26-25(31)19-8-4-7-11-22(19)32-3/h4-11,17-18H,12-16H2,1-3H3,(H,26,31). The number of piperidine rings is 1. The number of hydrogen-bond donors (Lipinski definition) is 1. The van der Waals surface area contributed by atoms with Crippen LogP contribution in [0.2, 0.25) is 0 Å². The third kappa shape index (κ3) is 4.47. The number of amides is 2. The largest absolute Gasteiger partial charge is 0.496 e. The summed E-state index contributed by atoms with van der Waals surface area (Å²) in [6.45, 7) is 5.91. The van der Waals surface area contributed by atoms with Crippen molar-refractivity contribution in [3.05, 3.63) is 59.9 Å². The van der Waals surface area contributed by atoms with Gasteiger partial charge in [-0.15, -0.1) is 0 Å². The molecule has 0 bridgehead atoms. The fraction of sp³-hybridized carbons (Fsp3) is 0.400. The summed E-state index contributed by atoms with van der Waals surface area (Å²) in [7, 11) is 1.54. The molecule has 1 aliphatic heterocycles. The minimum absolute atomic E-state index is 0.0876. The Morgan fingerprint density at radius 2 is 1.81 bits per heavy atom. The first-order valence-corrected chi connectivity index (χ1v) is 11.1. The third-order valence-electron chi connectivity index (χ3n) is 6.20. The van der Waals surface area contributed by atoms with E-state index in [1.165, 1.54) is 0 Å². The van der Waals surface area contributed by atoms with E-state index in [-0.39, 0.29) is 18.4 Å². The molecular weight excluding hydrogens is 404 g/mol. The van der Waals surface area contributed by atoms with Crippen molar-refractivity contribution >= 4 is 22.8 Å². The monoisotopic (exact) mass is 434 g/mol. The number of para-hydroxylation sites is 3. The lowest BCUT2D eigenvalue weighted by Crippen LogP contribution is -2.40. The Balaban J connectivity index is 1.59. The summed E-state index contributed by atoms with van der Waals surface area (Å²) in [5, 5.41) is 3.02. The molecule has 2 heterocycles. The number of benzene rings is 2. The van der Waals surface area contributed by atoms with Crippen LogP contribution in [0.1, 0.15) is 48.9 Å². The van der Waals surface area contributed by atoms with E-state index in [4.69, 9.17) is 9.72 Å². The smallest absolute Gasteiger partial charge is 0.255 e. The molecule has 1 saturated heterocycles. The van der Waals surface area contributed by atoms with Gasteiger partial charge in [0, 0.05) is 13.1 Å². The number of likely N-dealkylation sites (tertiary alicyclic amines) is 1. The molecule has 32 heavy (non-hydrogen) atoms. The van der Waals surface area contributed by atoms with Gasteiger partial charge in [-0.25, -0.2) is 4.98 Å². The molecule has 168 valence electrons. The highest BCUT2D eigenvalue weighted by molar-refractivity contribution is 5.97. The Kier molecular flexibility index (Phi) is 6.44. The lowest BCUT2D eigenvalue weighted by atomic mass is 9.99. The number of aromatic nitrogens is 2. The van der Waals surface area contributed by atoms with Gasteiger partial charge in [0.1, 0.15) is 18.1 Å². The van der Waals surface area contributed by atoms with E-state index >= 15 is 0 Å². The molecule has 1 N–H and O–H groups in total. The van der Waals surface area contributed by atoms with E-state index in [1.54, 1.807) is 25.3 Å². The van der Waals surface area contributed by atoms with Gasteiger partial charge in [-0.2, -0.15) is 0 Å². The maximum atomic E-state index is 13.1. The number of rotatable bonds is 6.